The molecule has 0 atom stereocenters. The summed E-state index contributed by atoms with van der Waals surface area (Å²) in [6, 6.07) is 0. The second-order valence-electron chi connectivity index (χ2n) is 5.14. The summed E-state index contributed by atoms with van der Waals surface area (Å²) >= 11 is 0. The van der Waals surface area contributed by atoms with Gasteiger partial charge in [-0.3, -0.25) is 0 Å². The van der Waals surface area contributed by atoms with E-state index in [9.17, 15) is 0 Å². The predicted molar refractivity (Wildman–Crippen MR) is 70.7 cm³/mol. The van der Waals surface area contributed by atoms with Crippen LogP contribution in [-0.4, -0.2) is 30.8 Å². The van der Waals surface area contributed by atoms with Gasteiger partial charge in [0.15, 0.2) is 5.89 Å². The Bertz CT molecular complexity index is 353. The third-order valence-corrected chi connectivity index (χ3v) is 3.74. The molecule has 1 aromatic rings. The summed E-state index contributed by atoms with van der Waals surface area (Å²) in [5.74, 6) is 1.79. The average Bonchev–Trinajstić information content (AvgIpc) is 2.77. The monoisotopic (exact) mass is 252 g/mol. The van der Waals surface area contributed by atoms with Gasteiger partial charge in [0.1, 0.15) is 5.76 Å². The van der Waals surface area contributed by atoms with Crippen molar-refractivity contribution in [2.24, 2.45) is 0 Å². The highest BCUT2D eigenvalue weighted by molar-refractivity contribution is 5.04. The molecule has 1 heterocycles. The number of hydrogen-bond donors (Lipinski definition) is 1. The Morgan fingerprint density at radius 1 is 1.44 bits per heavy atom. The number of hydrogen-bond acceptors (Lipinski definition) is 4. The number of nitrogens with one attached hydrogen (secondary N) is 1. The summed E-state index contributed by atoms with van der Waals surface area (Å²) in [5, 5.41) is 3.35. The van der Waals surface area contributed by atoms with E-state index in [1.54, 1.807) is 7.11 Å². The lowest BCUT2D eigenvalue weighted by molar-refractivity contribution is -0.0738. The number of oxazole rings is 1. The van der Waals surface area contributed by atoms with Crippen LogP contribution in [0.15, 0.2) is 10.6 Å². The highest BCUT2D eigenvalue weighted by atomic mass is 16.5. The standard InChI is InChI=1S/C14H24N2O2/c1-3-8-15-9-5-13-16-11-12(18-13)10-14(17-2)6-4-7-14/h11,15H,3-10H2,1-2H3. The maximum Gasteiger partial charge on any atom is 0.195 e. The second-order valence-corrected chi connectivity index (χ2v) is 5.14. The third-order valence-electron chi connectivity index (χ3n) is 3.74. The summed E-state index contributed by atoms with van der Waals surface area (Å²) in [5.41, 5.74) is 0.0251. The van der Waals surface area contributed by atoms with Crippen LogP contribution >= 0.6 is 0 Å². The molecular formula is C14H24N2O2. The van der Waals surface area contributed by atoms with Gasteiger partial charge in [-0.05, 0) is 32.2 Å². The molecule has 1 N–H and O–H groups in total. The SMILES string of the molecule is CCCNCCc1ncc(CC2(OC)CCC2)o1. The largest absolute Gasteiger partial charge is 0.446 e. The van der Waals surface area contributed by atoms with E-state index in [1.165, 1.54) is 6.42 Å². The number of nitrogens with zero attached hydrogens (tertiary/aromatic N) is 1. The van der Waals surface area contributed by atoms with E-state index in [0.717, 1.165) is 56.8 Å². The first-order valence-electron chi connectivity index (χ1n) is 6.97. The van der Waals surface area contributed by atoms with Gasteiger partial charge in [0.2, 0.25) is 0 Å². The minimum Gasteiger partial charge on any atom is -0.446 e. The fraction of sp³-hybridized carbons (Fsp3) is 0.786. The van der Waals surface area contributed by atoms with E-state index < -0.39 is 0 Å². The highest BCUT2D eigenvalue weighted by Gasteiger charge is 2.38. The molecule has 1 fully saturated rings. The van der Waals surface area contributed by atoms with Gasteiger partial charge in [-0.1, -0.05) is 6.92 Å². The van der Waals surface area contributed by atoms with Crippen molar-refractivity contribution >= 4 is 0 Å². The van der Waals surface area contributed by atoms with Crippen LogP contribution in [-0.2, 0) is 17.6 Å². The topological polar surface area (TPSA) is 47.3 Å². The van der Waals surface area contributed by atoms with E-state index in [1.807, 2.05) is 6.20 Å². The smallest absolute Gasteiger partial charge is 0.195 e. The van der Waals surface area contributed by atoms with E-state index in [0.29, 0.717) is 0 Å². The molecule has 0 spiro atoms. The van der Waals surface area contributed by atoms with Crippen molar-refractivity contribution in [1.82, 2.24) is 10.3 Å². The van der Waals surface area contributed by atoms with Gasteiger partial charge in [-0.15, -0.1) is 0 Å². The van der Waals surface area contributed by atoms with Crippen LogP contribution in [0.3, 0.4) is 0 Å². The lowest BCUT2D eigenvalue weighted by atomic mass is 9.77. The van der Waals surface area contributed by atoms with Crippen LogP contribution < -0.4 is 5.32 Å². The Balaban J connectivity index is 1.79. The molecule has 0 aliphatic heterocycles. The lowest BCUT2D eigenvalue weighted by Crippen LogP contribution is -2.41. The van der Waals surface area contributed by atoms with Crippen molar-refractivity contribution in [1.29, 1.82) is 0 Å². The van der Waals surface area contributed by atoms with E-state index in [2.05, 4.69) is 17.2 Å². The van der Waals surface area contributed by atoms with Crippen LogP contribution in [0.1, 0.15) is 44.3 Å². The van der Waals surface area contributed by atoms with Gasteiger partial charge < -0.3 is 14.5 Å². The van der Waals surface area contributed by atoms with E-state index >= 15 is 0 Å². The zero-order valence-corrected chi connectivity index (χ0v) is 11.5. The van der Waals surface area contributed by atoms with Gasteiger partial charge in [-0.2, -0.15) is 0 Å². The molecule has 4 heteroatoms. The van der Waals surface area contributed by atoms with Crippen LogP contribution in [0, 0.1) is 0 Å². The average molecular weight is 252 g/mol. The molecule has 1 aliphatic rings. The normalized spacial score (nSPS) is 17.7. The molecule has 0 amide bonds. The minimum atomic E-state index is 0.0251. The number of methoxy groups -OCH3 is 1. The Labute approximate surface area is 109 Å². The minimum absolute atomic E-state index is 0.0251. The van der Waals surface area contributed by atoms with Gasteiger partial charge in [0.05, 0.1) is 11.8 Å². The molecule has 2 rings (SSSR count). The molecule has 18 heavy (non-hydrogen) atoms. The summed E-state index contributed by atoms with van der Waals surface area (Å²) in [6.45, 7) is 4.16. The second kappa shape index (κ2) is 6.34. The quantitative estimate of drug-likeness (QED) is 0.721. The summed E-state index contributed by atoms with van der Waals surface area (Å²) in [7, 11) is 1.80. The zero-order chi connectivity index (χ0) is 12.8. The summed E-state index contributed by atoms with van der Waals surface area (Å²) < 4.78 is 11.4. The third kappa shape index (κ3) is 3.33. The molecule has 0 saturated heterocycles. The van der Waals surface area contributed by atoms with Crippen LogP contribution in [0.2, 0.25) is 0 Å². The lowest BCUT2D eigenvalue weighted by Gasteiger charge is -2.39. The zero-order valence-electron chi connectivity index (χ0n) is 11.5. The molecular weight excluding hydrogens is 228 g/mol. The van der Waals surface area contributed by atoms with Crippen LogP contribution in [0.4, 0.5) is 0 Å². The molecule has 4 nitrogen and oxygen atoms in total. The van der Waals surface area contributed by atoms with Crippen molar-refractivity contribution in [3.05, 3.63) is 17.8 Å². The first-order chi connectivity index (χ1) is 8.78. The van der Waals surface area contributed by atoms with Gasteiger partial charge >= 0.3 is 0 Å². The van der Waals surface area contributed by atoms with Crippen molar-refractivity contribution in [3.8, 4) is 0 Å². The Hall–Kier alpha value is -0.870. The first-order valence-corrected chi connectivity index (χ1v) is 6.97. The fourth-order valence-electron chi connectivity index (χ4n) is 2.38. The number of ether oxygens (including phenoxy) is 1. The maximum atomic E-state index is 5.77. The Morgan fingerprint density at radius 2 is 2.28 bits per heavy atom. The number of aromatic nitrogens is 1. The van der Waals surface area contributed by atoms with Crippen LogP contribution in [0.25, 0.3) is 0 Å². The van der Waals surface area contributed by atoms with E-state index in [-0.39, 0.29) is 5.60 Å². The molecule has 1 aliphatic carbocycles. The van der Waals surface area contributed by atoms with Gasteiger partial charge in [0, 0.05) is 26.5 Å². The van der Waals surface area contributed by atoms with Crippen LogP contribution in [0.5, 0.6) is 0 Å². The van der Waals surface area contributed by atoms with E-state index in [4.69, 9.17) is 9.15 Å². The molecule has 1 saturated carbocycles. The molecule has 102 valence electrons. The van der Waals surface area contributed by atoms with Crippen molar-refractivity contribution < 1.29 is 9.15 Å². The van der Waals surface area contributed by atoms with Gasteiger partial charge in [0.25, 0.3) is 0 Å². The molecule has 0 bridgehead atoms. The maximum absolute atomic E-state index is 5.77. The van der Waals surface area contributed by atoms with Crippen molar-refractivity contribution in [2.45, 2.75) is 51.0 Å². The fourth-order valence-corrected chi connectivity index (χ4v) is 2.38. The summed E-state index contributed by atoms with van der Waals surface area (Å²) in [4.78, 5) is 4.33. The molecule has 0 unspecified atom stereocenters. The highest BCUT2D eigenvalue weighted by Crippen LogP contribution is 2.37. The molecule has 1 aromatic heterocycles. The Kier molecular flexibility index (Phi) is 4.78. The Morgan fingerprint density at radius 3 is 2.89 bits per heavy atom. The summed E-state index contributed by atoms with van der Waals surface area (Å²) in [6.07, 6.45) is 8.27. The first kappa shape index (κ1) is 13.6. The van der Waals surface area contributed by atoms with Crippen molar-refractivity contribution in [3.63, 3.8) is 0 Å². The number of rotatable bonds is 8. The predicted octanol–water partition coefficient (Wildman–Crippen LogP) is 2.33. The molecule has 0 radical (unpaired) electrons. The molecule has 0 aromatic carbocycles. The van der Waals surface area contributed by atoms with Crippen molar-refractivity contribution in [2.75, 3.05) is 20.2 Å². The van der Waals surface area contributed by atoms with Gasteiger partial charge in [-0.25, -0.2) is 4.98 Å².